The maximum absolute atomic E-state index is 10.9. The highest BCUT2D eigenvalue weighted by Crippen LogP contribution is 2.45. The molecule has 1 N–H and O–H groups in total. The van der Waals surface area contributed by atoms with Crippen molar-refractivity contribution >= 4 is 17.3 Å². The molecule has 2 rings (SSSR count). The predicted octanol–water partition coefficient (Wildman–Crippen LogP) is 2.77. The lowest BCUT2D eigenvalue weighted by Gasteiger charge is -2.28. The van der Waals surface area contributed by atoms with Crippen LogP contribution in [0.5, 0.6) is 0 Å². The Morgan fingerprint density at radius 1 is 1.71 bits per heavy atom. The van der Waals surface area contributed by atoms with Crippen molar-refractivity contribution in [2.45, 2.75) is 18.9 Å². The summed E-state index contributed by atoms with van der Waals surface area (Å²) < 4.78 is 0. The average Bonchev–Trinajstić information content (AvgIpc) is 2.93. The Morgan fingerprint density at radius 3 is 2.94 bits per heavy atom. The third kappa shape index (κ3) is 3.17. The molecule has 0 amide bonds. The summed E-state index contributed by atoms with van der Waals surface area (Å²) in [7, 11) is 0. The van der Waals surface area contributed by atoms with Crippen LogP contribution in [0.15, 0.2) is 30.2 Å². The van der Waals surface area contributed by atoms with Crippen LogP contribution in [0.3, 0.4) is 0 Å². The molecule has 0 spiro atoms. The minimum Gasteiger partial charge on any atom is -0.480 e. The van der Waals surface area contributed by atoms with Crippen molar-refractivity contribution in [1.82, 2.24) is 4.90 Å². The molecule has 1 aromatic rings. The molecular weight excluding hydrogens is 234 g/mol. The number of rotatable bonds is 7. The molecule has 1 fully saturated rings. The summed E-state index contributed by atoms with van der Waals surface area (Å²) in [5, 5.41) is 11.0. The molecule has 1 aromatic heterocycles. The van der Waals surface area contributed by atoms with Crippen LogP contribution in [0, 0.1) is 5.92 Å². The number of carboxylic acids is 1. The Hall–Kier alpha value is -1.13. The van der Waals surface area contributed by atoms with E-state index in [0.29, 0.717) is 12.5 Å². The van der Waals surface area contributed by atoms with Crippen LogP contribution in [0.2, 0.25) is 0 Å². The molecule has 1 unspecified atom stereocenters. The molecule has 92 valence electrons. The summed E-state index contributed by atoms with van der Waals surface area (Å²) in [5.74, 6) is -0.151. The van der Waals surface area contributed by atoms with Gasteiger partial charge in [-0.1, -0.05) is 12.1 Å². The van der Waals surface area contributed by atoms with Crippen LogP contribution in [-0.4, -0.2) is 29.1 Å². The van der Waals surface area contributed by atoms with Gasteiger partial charge in [0.05, 0.1) is 6.54 Å². The van der Waals surface area contributed by atoms with Crippen molar-refractivity contribution in [2.24, 2.45) is 5.92 Å². The summed E-state index contributed by atoms with van der Waals surface area (Å²) in [5.41, 5.74) is 0. The first-order chi connectivity index (χ1) is 8.22. The highest BCUT2D eigenvalue weighted by molar-refractivity contribution is 7.10. The minimum absolute atomic E-state index is 0.0884. The molecule has 17 heavy (non-hydrogen) atoms. The average molecular weight is 251 g/mol. The number of carboxylic acid groups (broad SMARTS) is 1. The van der Waals surface area contributed by atoms with E-state index in [0.717, 1.165) is 0 Å². The molecule has 1 saturated carbocycles. The fraction of sp³-hybridized carbons (Fsp3) is 0.462. The molecule has 3 nitrogen and oxygen atoms in total. The fourth-order valence-corrected chi connectivity index (χ4v) is 3.15. The molecule has 0 bridgehead atoms. The SMILES string of the molecule is C=CCN(CC(=O)O)C(c1cccs1)C1CC1. The zero-order valence-corrected chi connectivity index (χ0v) is 10.5. The Kier molecular flexibility index (Phi) is 3.97. The van der Waals surface area contributed by atoms with Gasteiger partial charge in [0.2, 0.25) is 0 Å². The maximum Gasteiger partial charge on any atom is 0.317 e. The Balaban J connectivity index is 2.16. The largest absolute Gasteiger partial charge is 0.480 e. The summed E-state index contributed by atoms with van der Waals surface area (Å²) in [6, 6.07) is 4.39. The quantitative estimate of drug-likeness (QED) is 0.758. The van der Waals surface area contributed by atoms with Crippen LogP contribution in [-0.2, 0) is 4.79 Å². The van der Waals surface area contributed by atoms with E-state index in [1.165, 1.54) is 17.7 Å². The molecule has 1 aliphatic carbocycles. The number of aliphatic carboxylic acids is 1. The lowest BCUT2D eigenvalue weighted by molar-refractivity contribution is -0.138. The molecule has 4 heteroatoms. The third-order valence-corrected chi connectivity index (χ3v) is 3.94. The van der Waals surface area contributed by atoms with Crippen LogP contribution < -0.4 is 0 Å². The van der Waals surface area contributed by atoms with Crippen LogP contribution in [0.1, 0.15) is 23.8 Å². The first-order valence-corrected chi connectivity index (χ1v) is 6.70. The van der Waals surface area contributed by atoms with Gasteiger partial charge in [-0.3, -0.25) is 9.69 Å². The predicted molar refractivity (Wildman–Crippen MR) is 69.2 cm³/mol. The Morgan fingerprint density at radius 2 is 2.47 bits per heavy atom. The van der Waals surface area contributed by atoms with Gasteiger partial charge in [0.1, 0.15) is 0 Å². The van der Waals surface area contributed by atoms with Gasteiger partial charge in [0.25, 0.3) is 0 Å². The lowest BCUT2D eigenvalue weighted by Crippen LogP contribution is -2.34. The summed E-state index contributed by atoms with van der Waals surface area (Å²) in [4.78, 5) is 14.2. The van der Waals surface area contributed by atoms with E-state index in [-0.39, 0.29) is 12.6 Å². The van der Waals surface area contributed by atoms with Crippen molar-refractivity contribution in [3.8, 4) is 0 Å². The summed E-state index contributed by atoms with van der Waals surface area (Å²) >= 11 is 1.71. The monoisotopic (exact) mass is 251 g/mol. The molecule has 0 radical (unpaired) electrons. The van der Waals surface area contributed by atoms with Gasteiger partial charge in [0, 0.05) is 17.5 Å². The van der Waals surface area contributed by atoms with E-state index < -0.39 is 5.97 Å². The van der Waals surface area contributed by atoms with Crippen molar-refractivity contribution in [3.63, 3.8) is 0 Å². The highest BCUT2D eigenvalue weighted by atomic mass is 32.1. The lowest BCUT2D eigenvalue weighted by atomic mass is 10.1. The summed E-state index contributed by atoms with van der Waals surface area (Å²) in [6.45, 7) is 4.44. The van der Waals surface area contributed by atoms with Crippen molar-refractivity contribution in [3.05, 3.63) is 35.0 Å². The molecule has 0 aliphatic heterocycles. The van der Waals surface area contributed by atoms with Gasteiger partial charge in [-0.05, 0) is 30.2 Å². The van der Waals surface area contributed by atoms with E-state index in [1.54, 1.807) is 17.4 Å². The number of hydrogen-bond donors (Lipinski definition) is 1. The van der Waals surface area contributed by atoms with E-state index in [1.807, 2.05) is 11.0 Å². The van der Waals surface area contributed by atoms with Crippen molar-refractivity contribution in [1.29, 1.82) is 0 Å². The van der Waals surface area contributed by atoms with E-state index in [9.17, 15) is 4.79 Å². The second kappa shape index (κ2) is 5.47. The van der Waals surface area contributed by atoms with Gasteiger partial charge in [-0.25, -0.2) is 0 Å². The fourth-order valence-electron chi connectivity index (χ4n) is 2.20. The zero-order chi connectivity index (χ0) is 12.3. The Labute approximate surface area is 105 Å². The first kappa shape index (κ1) is 12.3. The zero-order valence-electron chi connectivity index (χ0n) is 9.71. The van der Waals surface area contributed by atoms with Gasteiger partial charge >= 0.3 is 5.97 Å². The third-order valence-electron chi connectivity index (χ3n) is 3.00. The molecule has 1 heterocycles. The first-order valence-electron chi connectivity index (χ1n) is 5.82. The molecule has 1 aliphatic rings. The second-order valence-corrected chi connectivity index (χ2v) is 5.39. The minimum atomic E-state index is -0.769. The smallest absolute Gasteiger partial charge is 0.317 e. The molecule has 1 atom stereocenters. The number of hydrogen-bond acceptors (Lipinski definition) is 3. The van der Waals surface area contributed by atoms with Gasteiger partial charge in [-0.15, -0.1) is 17.9 Å². The second-order valence-electron chi connectivity index (χ2n) is 4.41. The number of carbonyl (C=O) groups is 1. The van der Waals surface area contributed by atoms with Crippen LogP contribution in [0.4, 0.5) is 0 Å². The van der Waals surface area contributed by atoms with E-state index in [4.69, 9.17) is 5.11 Å². The number of thiophene rings is 1. The van der Waals surface area contributed by atoms with Crippen molar-refractivity contribution < 1.29 is 9.90 Å². The number of nitrogens with zero attached hydrogens (tertiary/aromatic N) is 1. The maximum atomic E-state index is 10.9. The van der Waals surface area contributed by atoms with Gasteiger partial charge in [0.15, 0.2) is 0 Å². The van der Waals surface area contributed by atoms with Crippen LogP contribution in [0.25, 0.3) is 0 Å². The molecule has 0 aromatic carbocycles. The standard InChI is InChI=1S/C13H17NO2S/c1-2-7-14(9-12(15)16)13(10-5-6-10)11-4-3-8-17-11/h2-4,8,10,13H,1,5-7,9H2,(H,15,16). The van der Waals surface area contributed by atoms with Gasteiger partial charge in [-0.2, -0.15) is 0 Å². The van der Waals surface area contributed by atoms with Gasteiger partial charge < -0.3 is 5.11 Å². The van der Waals surface area contributed by atoms with E-state index >= 15 is 0 Å². The van der Waals surface area contributed by atoms with Crippen molar-refractivity contribution in [2.75, 3.05) is 13.1 Å². The summed E-state index contributed by atoms with van der Waals surface area (Å²) in [6.07, 6.45) is 4.19. The highest BCUT2D eigenvalue weighted by Gasteiger charge is 2.37. The molecular formula is C13H17NO2S. The van der Waals surface area contributed by atoms with E-state index in [2.05, 4.69) is 18.0 Å². The van der Waals surface area contributed by atoms with Crippen LogP contribution >= 0.6 is 11.3 Å². The topological polar surface area (TPSA) is 40.5 Å². The Bertz CT molecular complexity index is 384. The normalized spacial score (nSPS) is 17.0. The molecule has 0 saturated heterocycles.